The lowest BCUT2D eigenvalue weighted by atomic mass is 9.81. The maximum absolute atomic E-state index is 6.02. The first-order valence-electron chi connectivity index (χ1n) is 11.7. The fourth-order valence-electron chi connectivity index (χ4n) is 4.65. The molecule has 10 nitrogen and oxygen atoms in total. The van der Waals surface area contributed by atoms with Crippen LogP contribution in [-0.2, 0) is 0 Å². The largest absolute Gasteiger partial charge is 0.370 e. The van der Waals surface area contributed by atoms with Crippen molar-refractivity contribution in [3.8, 4) is 0 Å². The van der Waals surface area contributed by atoms with Gasteiger partial charge in [-0.25, -0.2) is 20.8 Å². The minimum Gasteiger partial charge on any atom is -0.370 e. The molecule has 2 heterocycles. The average Bonchev–Trinajstić information content (AvgIpc) is 3.47. The Bertz CT molecular complexity index is 494. The summed E-state index contributed by atoms with van der Waals surface area (Å²) < 4.78 is 0. The summed E-state index contributed by atoms with van der Waals surface area (Å²) in [5, 5.41) is 0. The van der Waals surface area contributed by atoms with Crippen LogP contribution in [0.5, 0.6) is 0 Å². The van der Waals surface area contributed by atoms with Crippen LogP contribution in [0.25, 0.3) is 0 Å². The number of rotatable bonds is 10. The topological polar surface area (TPSA) is 131 Å². The fraction of sp³-hybridized carbons (Fsp3) is 0.900. The Labute approximate surface area is 181 Å². The molecule has 8 N–H and O–H groups in total. The molecule has 0 aromatic rings. The molecule has 10 heteroatoms. The monoisotopic (exact) mass is 422 g/mol. The van der Waals surface area contributed by atoms with Gasteiger partial charge in [0.2, 0.25) is 0 Å². The van der Waals surface area contributed by atoms with Crippen LogP contribution in [0, 0.1) is 11.8 Å². The third-order valence-electron chi connectivity index (χ3n) is 6.42. The summed E-state index contributed by atoms with van der Waals surface area (Å²) in [6.07, 6.45) is 9.97. The van der Waals surface area contributed by atoms with Gasteiger partial charge >= 0.3 is 0 Å². The number of hydrazine groups is 2. The van der Waals surface area contributed by atoms with Gasteiger partial charge in [-0.2, -0.15) is 0 Å². The van der Waals surface area contributed by atoms with E-state index in [0.717, 1.165) is 39.3 Å². The zero-order valence-electron chi connectivity index (χ0n) is 18.4. The number of nitrogens with zero attached hydrogens (tertiary/aromatic N) is 4. The Balaban J connectivity index is 1.21. The van der Waals surface area contributed by atoms with E-state index < -0.39 is 0 Å². The van der Waals surface area contributed by atoms with Crippen molar-refractivity contribution in [2.45, 2.75) is 51.4 Å². The quantitative estimate of drug-likeness (QED) is 0.123. The van der Waals surface area contributed by atoms with E-state index in [4.69, 9.17) is 11.5 Å². The van der Waals surface area contributed by atoms with Crippen LogP contribution in [0.1, 0.15) is 51.4 Å². The van der Waals surface area contributed by atoms with Crippen molar-refractivity contribution >= 4 is 11.9 Å². The number of hydrogen-bond donors (Lipinski definition) is 6. The van der Waals surface area contributed by atoms with Crippen LogP contribution in [0.2, 0.25) is 0 Å². The Morgan fingerprint density at radius 2 is 1.10 bits per heavy atom. The molecule has 3 fully saturated rings. The highest BCUT2D eigenvalue weighted by atomic mass is 15.4. The maximum atomic E-state index is 6.02. The Kier molecular flexibility index (Phi) is 9.94. The molecule has 0 bridgehead atoms. The van der Waals surface area contributed by atoms with Gasteiger partial charge in [-0.05, 0) is 56.8 Å². The lowest BCUT2D eigenvalue weighted by molar-refractivity contribution is 0.240. The zero-order valence-corrected chi connectivity index (χ0v) is 18.4. The van der Waals surface area contributed by atoms with E-state index in [1.807, 2.05) is 0 Å². The summed E-state index contributed by atoms with van der Waals surface area (Å²) in [5.74, 6) is 2.71. The summed E-state index contributed by atoms with van der Waals surface area (Å²) in [4.78, 5) is 13.1. The minimum atomic E-state index is 0.519. The van der Waals surface area contributed by atoms with Gasteiger partial charge in [-0.3, -0.25) is 10.9 Å². The van der Waals surface area contributed by atoms with Crippen molar-refractivity contribution in [3.63, 3.8) is 0 Å². The first-order chi connectivity index (χ1) is 14.7. The number of aliphatic imine (C=N–C) groups is 2. The number of nitrogens with one attached hydrogen (secondary N) is 4. The summed E-state index contributed by atoms with van der Waals surface area (Å²) >= 11 is 0. The molecular formula is C20H42N10. The van der Waals surface area contributed by atoms with Crippen LogP contribution < -0.4 is 33.2 Å². The first-order valence-corrected chi connectivity index (χ1v) is 11.7. The maximum Gasteiger partial charge on any atom is 0.192 e. The molecule has 2 aliphatic heterocycles. The predicted octanol–water partition coefficient (Wildman–Crippen LogP) is -0.283. The highest BCUT2D eigenvalue weighted by Gasteiger charge is 2.21. The average molecular weight is 423 g/mol. The molecule has 0 aromatic heterocycles. The second-order valence-electron chi connectivity index (χ2n) is 8.75. The summed E-state index contributed by atoms with van der Waals surface area (Å²) in [5.41, 5.74) is 25.1. The van der Waals surface area contributed by atoms with Gasteiger partial charge in [0.25, 0.3) is 0 Å². The first kappa shape index (κ1) is 23.1. The third kappa shape index (κ3) is 7.90. The molecule has 0 amide bonds. The van der Waals surface area contributed by atoms with Crippen molar-refractivity contribution in [2.24, 2.45) is 33.3 Å². The molecular weight excluding hydrogens is 380 g/mol. The van der Waals surface area contributed by atoms with Crippen molar-refractivity contribution < 1.29 is 0 Å². The van der Waals surface area contributed by atoms with Crippen LogP contribution >= 0.6 is 0 Å². The molecule has 0 aromatic carbocycles. The standard InChI is InChI=1S/C20H42N10/c21-19(29-8-1-2-9-29)23-15-27-25-13-17-6-5-7-18(12-17)14-26-28-16-24-20(22)30-10-3-4-11-30/h17-18,25-28H,1-16H2,(H2,21,23)(H2,22,24). The molecule has 0 radical (unpaired) electrons. The number of likely N-dealkylation sites (tertiary alicyclic amines) is 2. The fourth-order valence-corrected chi connectivity index (χ4v) is 4.65. The molecule has 3 rings (SSSR count). The molecule has 2 saturated heterocycles. The summed E-state index contributed by atoms with van der Waals surface area (Å²) in [6.45, 7) is 7.12. The Morgan fingerprint density at radius 1 is 0.667 bits per heavy atom. The van der Waals surface area contributed by atoms with E-state index in [9.17, 15) is 0 Å². The van der Waals surface area contributed by atoms with E-state index in [1.54, 1.807) is 0 Å². The van der Waals surface area contributed by atoms with E-state index >= 15 is 0 Å². The lowest BCUT2D eigenvalue weighted by Gasteiger charge is -2.29. The Morgan fingerprint density at radius 3 is 1.53 bits per heavy atom. The highest BCUT2D eigenvalue weighted by molar-refractivity contribution is 5.78. The smallest absolute Gasteiger partial charge is 0.192 e. The number of hydrogen-bond acceptors (Lipinski definition) is 6. The molecule has 30 heavy (non-hydrogen) atoms. The van der Waals surface area contributed by atoms with Crippen molar-refractivity contribution in [1.29, 1.82) is 0 Å². The van der Waals surface area contributed by atoms with Crippen LogP contribution in [0.3, 0.4) is 0 Å². The summed E-state index contributed by atoms with van der Waals surface area (Å²) in [7, 11) is 0. The van der Waals surface area contributed by atoms with Crippen molar-refractivity contribution in [2.75, 3.05) is 52.6 Å². The molecule has 2 atom stereocenters. The van der Waals surface area contributed by atoms with Crippen LogP contribution in [-0.4, -0.2) is 74.3 Å². The number of guanidine groups is 2. The SMILES string of the molecule is NC(=NCNNCC1CCCC(CNNCN=C(N)N2CCCC2)C1)N1CCCC1. The van der Waals surface area contributed by atoms with Crippen molar-refractivity contribution in [1.82, 2.24) is 31.5 Å². The van der Waals surface area contributed by atoms with E-state index in [1.165, 1.54) is 51.4 Å². The lowest BCUT2D eigenvalue weighted by Crippen LogP contribution is -2.42. The van der Waals surface area contributed by atoms with E-state index in [0.29, 0.717) is 37.1 Å². The minimum absolute atomic E-state index is 0.519. The second kappa shape index (κ2) is 12.9. The molecule has 0 spiro atoms. The van der Waals surface area contributed by atoms with Gasteiger partial charge in [-0.15, -0.1) is 0 Å². The summed E-state index contributed by atoms with van der Waals surface area (Å²) in [6, 6.07) is 0. The number of nitrogens with two attached hydrogens (primary N) is 2. The van der Waals surface area contributed by atoms with E-state index in [2.05, 4.69) is 41.5 Å². The predicted molar refractivity (Wildman–Crippen MR) is 122 cm³/mol. The molecule has 1 aliphatic carbocycles. The second-order valence-corrected chi connectivity index (χ2v) is 8.75. The van der Waals surface area contributed by atoms with Gasteiger partial charge in [0.05, 0.1) is 0 Å². The van der Waals surface area contributed by atoms with Crippen LogP contribution in [0.15, 0.2) is 9.98 Å². The van der Waals surface area contributed by atoms with Crippen LogP contribution in [0.4, 0.5) is 0 Å². The normalized spacial score (nSPS) is 26.0. The van der Waals surface area contributed by atoms with Gasteiger partial charge in [0.15, 0.2) is 11.9 Å². The Hall–Kier alpha value is -1.62. The third-order valence-corrected chi connectivity index (χ3v) is 6.42. The van der Waals surface area contributed by atoms with Gasteiger partial charge in [0.1, 0.15) is 13.3 Å². The zero-order chi connectivity index (χ0) is 21.0. The molecule has 2 unspecified atom stereocenters. The molecule has 172 valence electrons. The van der Waals surface area contributed by atoms with Gasteiger partial charge in [0, 0.05) is 39.3 Å². The van der Waals surface area contributed by atoms with Crippen molar-refractivity contribution in [3.05, 3.63) is 0 Å². The van der Waals surface area contributed by atoms with Gasteiger partial charge < -0.3 is 21.3 Å². The van der Waals surface area contributed by atoms with Gasteiger partial charge in [-0.1, -0.05) is 6.42 Å². The molecule has 1 saturated carbocycles. The highest BCUT2D eigenvalue weighted by Crippen LogP contribution is 2.27. The van der Waals surface area contributed by atoms with E-state index in [-0.39, 0.29) is 0 Å². The molecule has 3 aliphatic rings.